The highest BCUT2D eigenvalue weighted by Crippen LogP contribution is 2.12. The second kappa shape index (κ2) is 11.4. The Morgan fingerprint density at radius 1 is 0.933 bits per heavy atom. The first-order chi connectivity index (χ1) is 14.3. The molecule has 2 N–H and O–H groups in total. The SMILES string of the molecule is COC(=O)[C@H](Cc1ccccc1)NC(=O)[C@H](CC(C)C)NC(=O)c1ccc(Cl)cc1. The highest BCUT2D eigenvalue weighted by atomic mass is 35.5. The number of nitrogens with one attached hydrogen (secondary N) is 2. The van der Waals surface area contributed by atoms with Gasteiger partial charge in [0.25, 0.3) is 5.91 Å². The lowest BCUT2D eigenvalue weighted by Crippen LogP contribution is -2.52. The van der Waals surface area contributed by atoms with Crippen LogP contribution in [0.1, 0.15) is 36.2 Å². The van der Waals surface area contributed by atoms with Gasteiger partial charge in [0, 0.05) is 17.0 Å². The maximum atomic E-state index is 13.0. The number of esters is 1. The van der Waals surface area contributed by atoms with Crippen LogP contribution >= 0.6 is 11.6 Å². The highest BCUT2D eigenvalue weighted by molar-refractivity contribution is 6.30. The second-order valence-corrected chi connectivity index (χ2v) is 7.87. The first-order valence-corrected chi connectivity index (χ1v) is 10.2. The molecular formula is C23H27ClN2O4. The maximum Gasteiger partial charge on any atom is 0.328 e. The van der Waals surface area contributed by atoms with Crippen LogP contribution in [0.5, 0.6) is 0 Å². The summed E-state index contributed by atoms with van der Waals surface area (Å²) < 4.78 is 4.85. The molecule has 0 saturated carbocycles. The van der Waals surface area contributed by atoms with Crippen LogP contribution in [0, 0.1) is 5.92 Å². The van der Waals surface area contributed by atoms with Crippen LogP contribution in [-0.2, 0) is 20.7 Å². The molecule has 6 nitrogen and oxygen atoms in total. The van der Waals surface area contributed by atoms with Crippen molar-refractivity contribution in [2.24, 2.45) is 5.92 Å². The molecule has 30 heavy (non-hydrogen) atoms. The Labute approximate surface area is 182 Å². The quantitative estimate of drug-likeness (QED) is 0.597. The van der Waals surface area contributed by atoms with E-state index in [9.17, 15) is 14.4 Å². The van der Waals surface area contributed by atoms with Gasteiger partial charge in [0.05, 0.1) is 7.11 Å². The second-order valence-electron chi connectivity index (χ2n) is 7.44. The summed E-state index contributed by atoms with van der Waals surface area (Å²) in [6, 6.07) is 14.1. The van der Waals surface area contributed by atoms with Crippen molar-refractivity contribution in [1.82, 2.24) is 10.6 Å². The van der Waals surface area contributed by atoms with E-state index in [1.54, 1.807) is 24.3 Å². The first kappa shape index (κ1) is 23.4. The van der Waals surface area contributed by atoms with E-state index in [1.165, 1.54) is 7.11 Å². The zero-order chi connectivity index (χ0) is 22.1. The van der Waals surface area contributed by atoms with Crippen LogP contribution < -0.4 is 10.6 Å². The number of ether oxygens (including phenoxy) is 1. The van der Waals surface area contributed by atoms with Crippen LogP contribution in [0.15, 0.2) is 54.6 Å². The van der Waals surface area contributed by atoms with Crippen molar-refractivity contribution in [3.05, 3.63) is 70.7 Å². The summed E-state index contributed by atoms with van der Waals surface area (Å²) in [5.41, 5.74) is 1.29. The number of amides is 2. The summed E-state index contributed by atoms with van der Waals surface area (Å²) in [4.78, 5) is 37.8. The van der Waals surface area contributed by atoms with Crippen molar-refractivity contribution in [2.75, 3.05) is 7.11 Å². The minimum atomic E-state index is -0.855. The van der Waals surface area contributed by atoms with Gasteiger partial charge in [0.2, 0.25) is 5.91 Å². The van der Waals surface area contributed by atoms with Crippen molar-refractivity contribution < 1.29 is 19.1 Å². The molecular weight excluding hydrogens is 404 g/mol. The molecule has 2 amide bonds. The van der Waals surface area contributed by atoms with Gasteiger partial charge >= 0.3 is 5.97 Å². The minimum absolute atomic E-state index is 0.150. The van der Waals surface area contributed by atoms with Gasteiger partial charge in [-0.25, -0.2) is 4.79 Å². The van der Waals surface area contributed by atoms with Gasteiger partial charge in [-0.15, -0.1) is 0 Å². The van der Waals surface area contributed by atoms with Gasteiger partial charge in [0.15, 0.2) is 0 Å². The smallest absolute Gasteiger partial charge is 0.328 e. The molecule has 0 aliphatic carbocycles. The van der Waals surface area contributed by atoms with E-state index in [0.29, 0.717) is 23.4 Å². The Kier molecular flexibility index (Phi) is 8.87. The summed E-state index contributed by atoms with van der Waals surface area (Å²) in [6.45, 7) is 3.91. The highest BCUT2D eigenvalue weighted by Gasteiger charge is 2.28. The van der Waals surface area contributed by atoms with Crippen molar-refractivity contribution in [3.63, 3.8) is 0 Å². The van der Waals surface area contributed by atoms with Crippen LogP contribution in [0.3, 0.4) is 0 Å². The fourth-order valence-corrected chi connectivity index (χ4v) is 3.13. The van der Waals surface area contributed by atoms with Crippen LogP contribution in [-0.4, -0.2) is 37.0 Å². The molecule has 0 radical (unpaired) electrons. The summed E-state index contributed by atoms with van der Waals surface area (Å²) in [7, 11) is 1.28. The van der Waals surface area contributed by atoms with E-state index in [1.807, 2.05) is 44.2 Å². The largest absolute Gasteiger partial charge is 0.467 e. The van der Waals surface area contributed by atoms with E-state index in [0.717, 1.165) is 5.56 Å². The van der Waals surface area contributed by atoms with Crippen molar-refractivity contribution in [1.29, 1.82) is 0 Å². The number of hydrogen-bond acceptors (Lipinski definition) is 4. The summed E-state index contributed by atoms with van der Waals surface area (Å²) in [5.74, 6) is -1.21. The predicted molar refractivity (Wildman–Crippen MR) is 116 cm³/mol. The lowest BCUT2D eigenvalue weighted by atomic mass is 10.0. The topological polar surface area (TPSA) is 84.5 Å². The number of carbonyl (C=O) groups excluding carboxylic acids is 3. The molecule has 2 rings (SSSR count). The minimum Gasteiger partial charge on any atom is -0.467 e. The average Bonchev–Trinajstić information content (AvgIpc) is 2.73. The molecule has 0 aliphatic heterocycles. The Hall–Kier alpha value is -2.86. The van der Waals surface area contributed by atoms with E-state index in [4.69, 9.17) is 16.3 Å². The number of hydrogen-bond donors (Lipinski definition) is 2. The van der Waals surface area contributed by atoms with Crippen LogP contribution in [0.25, 0.3) is 0 Å². The summed E-state index contributed by atoms with van der Waals surface area (Å²) >= 11 is 5.87. The monoisotopic (exact) mass is 430 g/mol. The Morgan fingerprint density at radius 3 is 2.13 bits per heavy atom. The fourth-order valence-electron chi connectivity index (χ4n) is 3.00. The predicted octanol–water partition coefficient (Wildman–Crippen LogP) is 3.39. The van der Waals surface area contributed by atoms with E-state index < -0.39 is 24.0 Å². The van der Waals surface area contributed by atoms with Crippen LogP contribution in [0.4, 0.5) is 0 Å². The van der Waals surface area contributed by atoms with Crippen molar-refractivity contribution >= 4 is 29.4 Å². The van der Waals surface area contributed by atoms with Gasteiger partial charge in [-0.05, 0) is 42.2 Å². The van der Waals surface area contributed by atoms with Gasteiger partial charge in [-0.2, -0.15) is 0 Å². The summed E-state index contributed by atoms with van der Waals surface area (Å²) in [6.07, 6.45) is 0.711. The Balaban J connectivity index is 2.13. The zero-order valence-electron chi connectivity index (χ0n) is 17.4. The zero-order valence-corrected chi connectivity index (χ0v) is 18.1. The van der Waals surface area contributed by atoms with Crippen molar-refractivity contribution in [3.8, 4) is 0 Å². The molecule has 2 aromatic carbocycles. The molecule has 0 saturated heterocycles. The average molecular weight is 431 g/mol. The van der Waals surface area contributed by atoms with E-state index >= 15 is 0 Å². The van der Waals surface area contributed by atoms with Crippen LogP contribution in [0.2, 0.25) is 5.02 Å². The Bertz CT molecular complexity index is 853. The molecule has 2 aromatic rings. The first-order valence-electron chi connectivity index (χ1n) is 9.78. The molecule has 0 aromatic heterocycles. The number of rotatable bonds is 9. The third-order valence-electron chi connectivity index (χ3n) is 4.52. The molecule has 0 heterocycles. The molecule has 0 fully saturated rings. The van der Waals surface area contributed by atoms with E-state index in [2.05, 4.69) is 10.6 Å². The molecule has 7 heteroatoms. The molecule has 160 valence electrons. The standard InChI is InChI=1S/C23H27ClN2O4/c1-15(2)13-19(25-21(27)17-9-11-18(24)12-10-17)22(28)26-20(23(29)30-3)14-16-7-5-4-6-8-16/h4-12,15,19-20H,13-14H2,1-3H3,(H,25,27)(H,26,28)/t19-,20-/m0/s1. The van der Waals surface area contributed by atoms with Gasteiger partial charge in [-0.3, -0.25) is 9.59 Å². The molecule has 0 spiro atoms. The fraction of sp³-hybridized carbons (Fsp3) is 0.348. The van der Waals surface area contributed by atoms with Gasteiger partial charge in [0.1, 0.15) is 12.1 Å². The number of carbonyl (C=O) groups is 3. The Morgan fingerprint density at radius 2 is 1.57 bits per heavy atom. The summed E-state index contributed by atoms with van der Waals surface area (Å²) in [5, 5.41) is 6.02. The molecule has 0 unspecified atom stereocenters. The normalized spacial score (nSPS) is 12.7. The van der Waals surface area contributed by atoms with E-state index in [-0.39, 0.29) is 11.8 Å². The third kappa shape index (κ3) is 7.19. The number of methoxy groups -OCH3 is 1. The lowest BCUT2D eigenvalue weighted by Gasteiger charge is -2.23. The lowest BCUT2D eigenvalue weighted by molar-refractivity contribution is -0.145. The number of halogens is 1. The van der Waals surface area contributed by atoms with Gasteiger partial charge in [-0.1, -0.05) is 55.8 Å². The molecule has 0 bridgehead atoms. The molecule has 0 aliphatic rings. The number of benzene rings is 2. The van der Waals surface area contributed by atoms with Gasteiger partial charge < -0.3 is 15.4 Å². The molecule has 2 atom stereocenters. The van der Waals surface area contributed by atoms with Crippen molar-refractivity contribution in [2.45, 2.75) is 38.8 Å². The maximum absolute atomic E-state index is 13.0. The third-order valence-corrected chi connectivity index (χ3v) is 4.77.